The van der Waals surface area contributed by atoms with Gasteiger partial charge in [-0.3, -0.25) is 9.59 Å². The Morgan fingerprint density at radius 2 is 1.39 bits per heavy atom. The molecule has 2 amide bonds. The summed E-state index contributed by atoms with van der Waals surface area (Å²) < 4.78 is 5.78. The van der Waals surface area contributed by atoms with Gasteiger partial charge in [-0.15, -0.1) is 0 Å². The predicted molar refractivity (Wildman–Crippen MR) is 151 cm³/mol. The highest BCUT2D eigenvalue weighted by Crippen LogP contribution is 2.18. The van der Waals surface area contributed by atoms with Gasteiger partial charge in [-0.25, -0.2) is 0 Å². The van der Waals surface area contributed by atoms with Gasteiger partial charge in [0.2, 0.25) is 5.91 Å². The standard InChI is InChI=1S/C32H31ClN2O3/c1-24-12-14-26(15-13-24)21-34-32(37)30(20-25-8-4-2-5-9-25)35(22-27-16-18-28(33)19-17-27)31(36)23-38-29-10-6-3-7-11-29/h2-19,30H,20-23H2,1H3,(H,34,37). The molecule has 0 bridgehead atoms. The number of nitrogens with zero attached hydrogens (tertiary/aromatic N) is 1. The second-order valence-electron chi connectivity index (χ2n) is 9.16. The van der Waals surface area contributed by atoms with Gasteiger partial charge in [0.1, 0.15) is 11.8 Å². The first-order chi connectivity index (χ1) is 18.5. The molecule has 0 aliphatic carbocycles. The molecular formula is C32H31ClN2O3. The quantitative estimate of drug-likeness (QED) is 0.261. The van der Waals surface area contributed by atoms with Crippen molar-refractivity contribution in [3.63, 3.8) is 0 Å². The Morgan fingerprint density at radius 3 is 2.05 bits per heavy atom. The highest BCUT2D eigenvalue weighted by atomic mass is 35.5. The molecule has 0 aliphatic heterocycles. The highest BCUT2D eigenvalue weighted by molar-refractivity contribution is 6.30. The maximum absolute atomic E-state index is 13.7. The first-order valence-electron chi connectivity index (χ1n) is 12.6. The van der Waals surface area contributed by atoms with E-state index in [1.54, 1.807) is 29.2 Å². The molecule has 194 valence electrons. The molecule has 1 unspecified atom stereocenters. The van der Waals surface area contributed by atoms with Crippen LogP contribution in [0.1, 0.15) is 22.3 Å². The van der Waals surface area contributed by atoms with Gasteiger partial charge in [-0.05, 0) is 47.9 Å². The molecule has 4 rings (SSSR count). The second kappa shape index (κ2) is 13.5. The van der Waals surface area contributed by atoms with Crippen LogP contribution in [0.3, 0.4) is 0 Å². The normalized spacial score (nSPS) is 11.4. The number of hydrogen-bond donors (Lipinski definition) is 1. The van der Waals surface area contributed by atoms with Gasteiger partial charge in [-0.2, -0.15) is 0 Å². The van der Waals surface area contributed by atoms with Crippen LogP contribution in [-0.2, 0) is 29.1 Å². The Balaban J connectivity index is 1.60. The first kappa shape index (κ1) is 27.0. The third-order valence-corrected chi connectivity index (χ3v) is 6.48. The molecule has 0 spiro atoms. The molecule has 1 N–H and O–H groups in total. The van der Waals surface area contributed by atoms with E-state index in [0.717, 1.165) is 22.3 Å². The fourth-order valence-electron chi connectivity index (χ4n) is 4.10. The van der Waals surface area contributed by atoms with Gasteiger partial charge < -0.3 is 15.0 Å². The van der Waals surface area contributed by atoms with Crippen molar-refractivity contribution >= 4 is 23.4 Å². The van der Waals surface area contributed by atoms with Crippen molar-refractivity contribution in [2.75, 3.05) is 6.61 Å². The summed E-state index contributed by atoms with van der Waals surface area (Å²) in [5.41, 5.74) is 3.97. The molecule has 4 aromatic carbocycles. The van der Waals surface area contributed by atoms with E-state index in [4.69, 9.17) is 16.3 Å². The number of ether oxygens (including phenoxy) is 1. The third-order valence-electron chi connectivity index (χ3n) is 6.23. The molecule has 0 heterocycles. The number of rotatable bonds is 11. The summed E-state index contributed by atoms with van der Waals surface area (Å²) in [4.78, 5) is 28.9. The first-order valence-corrected chi connectivity index (χ1v) is 12.9. The summed E-state index contributed by atoms with van der Waals surface area (Å²) in [5, 5.41) is 3.66. The lowest BCUT2D eigenvalue weighted by Gasteiger charge is -2.31. The number of para-hydroxylation sites is 1. The monoisotopic (exact) mass is 526 g/mol. The van der Waals surface area contributed by atoms with Crippen molar-refractivity contribution in [2.45, 2.75) is 32.5 Å². The molecule has 5 nitrogen and oxygen atoms in total. The minimum Gasteiger partial charge on any atom is -0.484 e. The minimum absolute atomic E-state index is 0.186. The van der Waals surface area contributed by atoms with Crippen LogP contribution in [0.5, 0.6) is 5.75 Å². The summed E-state index contributed by atoms with van der Waals surface area (Å²) in [7, 11) is 0. The number of amides is 2. The summed E-state index contributed by atoms with van der Waals surface area (Å²) in [6, 6.07) is 33.5. The molecule has 1 atom stereocenters. The molecular weight excluding hydrogens is 496 g/mol. The van der Waals surface area contributed by atoms with Crippen molar-refractivity contribution in [3.05, 3.63) is 136 Å². The number of carbonyl (C=O) groups is 2. The fraction of sp³-hybridized carbons (Fsp3) is 0.188. The van der Waals surface area contributed by atoms with E-state index in [-0.39, 0.29) is 25.0 Å². The van der Waals surface area contributed by atoms with Crippen LogP contribution < -0.4 is 10.1 Å². The summed E-state index contributed by atoms with van der Waals surface area (Å²) in [6.45, 7) is 2.45. The van der Waals surface area contributed by atoms with Crippen molar-refractivity contribution < 1.29 is 14.3 Å². The van der Waals surface area contributed by atoms with Crippen LogP contribution >= 0.6 is 11.6 Å². The van der Waals surface area contributed by atoms with Gasteiger partial charge in [0.15, 0.2) is 6.61 Å². The highest BCUT2D eigenvalue weighted by Gasteiger charge is 2.30. The van der Waals surface area contributed by atoms with Crippen LogP contribution in [0.15, 0.2) is 109 Å². The second-order valence-corrected chi connectivity index (χ2v) is 9.60. The number of benzene rings is 4. The maximum Gasteiger partial charge on any atom is 0.261 e. The maximum atomic E-state index is 13.7. The molecule has 0 radical (unpaired) electrons. The zero-order chi connectivity index (χ0) is 26.7. The van der Waals surface area contributed by atoms with Crippen molar-refractivity contribution in [2.24, 2.45) is 0 Å². The molecule has 0 aromatic heterocycles. The van der Waals surface area contributed by atoms with E-state index >= 15 is 0 Å². The Morgan fingerprint density at radius 1 is 0.789 bits per heavy atom. The average molecular weight is 527 g/mol. The lowest BCUT2D eigenvalue weighted by molar-refractivity contribution is -0.142. The summed E-state index contributed by atoms with van der Waals surface area (Å²) in [6.07, 6.45) is 0.366. The summed E-state index contributed by atoms with van der Waals surface area (Å²) >= 11 is 6.09. The lowest BCUT2D eigenvalue weighted by Crippen LogP contribution is -2.51. The van der Waals surface area contributed by atoms with Crippen LogP contribution in [0, 0.1) is 6.92 Å². The van der Waals surface area contributed by atoms with Crippen LogP contribution in [-0.4, -0.2) is 29.4 Å². The van der Waals surface area contributed by atoms with E-state index in [2.05, 4.69) is 5.32 Å². The molecule has 0 saturated carbocycles. The van der Waals surface area contributed by atoms with Gasteiger partial charge >= 0.3 is 0 Å². The fourth-order valence-corrected chi connectivity index (χ4v) is 4.22. The summed E-state index contributed by atoms with van der Waals surface area (Å²) in [5.74, 6) is 0.0856. The van der Waals surface area contributed by atoms with Gasteiger partial charge in [0.25, 0.3) is 5.91 Å². The average Bonchev–Trinajstić information content (AvgIpc) is 2.95. The Labute approximate surface area is 229 Å². The van der Waals surface area contributed by atoms with E-state index in [9.17, 15) is 9.59 Å². The Hall–Kier alpha value is -4.09. The minimum atomic E-state index is -0.745. The smallest absolute Gasteiger partial charge is 0.261 e. The van der Waals surface area contributed by atoms with E-state index in [0.29, 0.717) is 23.7 Å². The number of halogens is 1. The lowest BCUT2D eigenvalue weighted by atomic mass is 10.0. The van der Waals surface area contributed by atoms with E-state index < -0.39 is 6.04 Å². The Kier molecular flexibility index (Phi) is 9.54. The van der Waals surface area contributed by atoms with Crippen LogP contribution in [0.2, 0.25) is 5.02 Å². The molecule has 38 heavy (non-hydrogen) atoms. The van der Waals surface area contributed by atoms with Crippen molar-refractivity contribution in [1.29, 1.82) is 0 Å². The van der Waals surface area contributed by atoms with Crippen LogP contribution in [0.4, 0.5) is 0 Å². The SMILES string of the molecule is Cc1ccc(CNC(=O)C(Cc2ccccc2)N(Cc2ccc(Cl)cc2)C(=O)COc2ccccc2)cc1. The van der Waals surface area contributed by atoms with Crippen molar-refractivity contribution in [1.82, 2.24) is 10.2 Å². The molecule has 6 heteroatoms. The molecule has 0 aliphatic rings. The van der Waals surface area contributed by atoms with Gasteiger partial charge in [0.05, 0.1) is 0 Å². The topological polar surface area (TPSA) is 58.6 Å². The number of hydrogen-bond acceptors (Lipinski definition) is 3. The Bertz CT molecular complexity index is 1310. The largest absolute Gasteiger partial charge is 0.484 e. The van der Waals surface area contributed by atoms with E-state index in [1.165, 1.54) is 0 Å². The number of carbonyl (C=O) groups excluding carboxylic acids is 2. The van der Waals surface area contributed by atoms with Crippen molar-refractivity contribution in [3.8, 4) is 5.75 Å². The zero-order valence-corrected chi connectivity index (χ0v) is 22.1. The zero-order valence-electron chi connectivity index (χ0n) is 21.3. The van der Waals surface area contributed by atoms with Gasteiger partial charge in [-0.1, -0.05) is 102 Å². The van der Waals surface area contributed by atoms with E-state index in [1.807, 2.05) is 91.9 Å². The molecule has 4 aromatic rings. The van der Waals surface area contributed by atoms with Crippen LogP contribution in [0.25, 0.3) is 0 Å². The molecule has 0 fully saturated rings. The number of nitrogens with one attached hydrogen (secondary N) is 1. The van der Waals surface area contributed by atoms with Gasteiger partial charge in [0, 0.05) is 24.5 Å². The third kappa shape index (κ3) is 7.95. The number of aryl methyl sites for hydroxylation is 1. The molecule has 0 saturated heterocycles. The predicted octanol–water partition coefficient (Wildman–Crippen LogP) is 5.98.